The van der Waals surface area contributed by atoms with Crippen molar-refractivity contribution in [2.45, 2.75) is 6.92 Å². The topological polar surface area (TPSA) is 49.4 Å². The Kier molecular flexibility index (Phi) is 5.13. The van der Waals surface area contributed by atoms with Crippen LogP contribution in [0.3, 0.4) is 0 Å². The van der Waals surface area contributed by atoms with Gasteiger partial charge >= 0.3 is 0 Å². The molecule has 0 aliphatic rings. The Labute approximate surface area is 153 Å². The van der Waals surface area contributed by atoms with Crippen molar-refractivity contribution in [2.24, 2.45) is 0 Å². The van der Waals surface area contributed by atoms with Crippen molar-refractivity contribution in [1.29, 1.82) is 0 Å². The maximum absolute atomic E-state index is 12.6. The van der Waals surface area contributed by atoms with Crippen molar-refractivity contribution < 1.29 is 9.59 Å². The number of para-hydroxylation sites is 1. The van der Waals surface area contributed by atoms with Crippen LogP contribution in [0.25, 0.3) is 0 Å². The maximum atomic E-state index is 12.6. The van der Waals surface area contributed by atoms with Gasteiger partial charge in [-0.25, -0.2) is 0 Å². The Balaban J connectivity index is 1.70. The highest BCUT2D eigenvalue weighted by molar-refractivity contribution is 6.07. The van der Waals surface area contributed by atoms with Gasteiger partial charge in [-0.3, -0.25) is 9.59 Å². The molecule has 0 aliphatic carbocycles. The molecule has 0 radical (unpaired) electrons. The van der Waals surface area contributed by atoms with Crippen molar-refractivity contribution in [1.82, 2.24) is 0 Å². The lowest BCUT2D eigenvalue weighted by Crippen LogP contribution is -2.26. The van der Waals surface area contributed by atoms with Gasteiger partial charge in [0.15, 0.2) is 0 Å². The molecule has 0 aliphatic heterocycles. The minimum atomic E-state index is -0.204. The Morgan fingerprint density at radius 1 is 0.769 bits per heavy atom. The highest BCUT2D eigenvalue weighted by Crippen LogP contribution is 2.16. The third-order valence-corrected chi connectivity index (χ3v) is 4.15. The molecule has 26 heavy (non-hydrogen) atoms. The standard InChI is InChI=1S/C22H20N2O2/c1-16-8-14-19(15-9-16)23-21(25)17-10-12-18(13-11-17)22(26)24(2)20-6-4-3-5-7-20/h3-15H,1-2H3,(H,23,25). The van der Waals surface area contributed by atoms with Crippen LogP contribution in [0.4, 0.5) is 11.4 Å². The van der Waals surface area contributed by atoms with E-state index in [2.05, 4.69) is 5.32 Å². The number of hydrogen-bond donors (Lipinski definition) is 1. The van der Waals surface area contributed by atoms with E-state index >= 15 is 0 Å². The van der Waals surface area contributed by atoms with E-state index in [0.29, 0.717) is 11.1 Å². The monoisotopic (exact) mass is 344 g/mol. The summed E-state index contributed by atoms with van der Waals surface area (Å²) in [5, 5.41) is 2.85. The Bertz CT molecular complexity index is 901. The number of aryl methyl sites for hydroxylation is 1. The zero-order valence-electron chi connectivity index (χ0n) is 14.8. The van der Waals surface area contributed by atoms with Gasteiger partial charge in [0.1, 0.15) is 0 Å². The van der Waals surface area contributed by atoms with Crippen LogP contribution in [0.15, 0.2) is 78.9 Å². The van der Waals surface area contributed by atoms with Gasteiger partial charge in [-0.15, -0.1) is 0 Å². The molecule has 0 aromatic heterocycles. The van der Waals surface area contributed by atoms with E-state index in [1.165, 1.54) is 0 Å². The summed E-state index contributed by atoms with van der Waals surface area (Å²) in [6, 6.07) is 23.7. The van der Waals surface area contributed by atoms with Crippen LogP contribution in [-0.4, -0.2) is 18.9 Å². The molecular formula is C22H20N2O2. The van der Waals surface area contributed by atoms with Crippen molar-refractivity contribution in [3.8, 4) is 0 Å². The summed E-state index contributed by atoms with van der Waals surface area (Å²) in [5.74, 6) is -0.328. The average Bonchev–Trinajstić information content (AvgIpc) is 2.69. The Morgan fingerprint density at radius 2 is 1.35 bits per heavy atom. The van der Waals surface area contributed by atoms with Crippen molar-refractivity contribution in [3.05, 3.63) is 95.6 Å². The zero-order chi connectivity index (χ0) is 18.5. The third-order valence-electron chi connectivity index (χ3n) is 4.15. The minimum absolute atomic E-state index is 0.123. The second-order valence-corrected chi connectivity index (χ2v) is 6.10. The SMILES string of the molecule is Cc1ccc(NC(=O)c2ccc(C(=O)N(C)c3ccccc3)cc2)cc1. The van der Waals surface area contributed by atoms with Crippen LogP contribution in [0.5, 0.6) is 0 Å². The molecule has 3 aromatic rings. The van der Waals surface area contributed by atoms with E-state index in [1.807, 2.05) is 61.5 Å². The summed E-state index contributed by atoms with van der Waals surface area (Å²) in [4.78, 5) is 26.5. The van der Waals surface area contributed by atoms with Crippen LogP contribution in [0.1, 0.15) is 26.3 Å². The van der Waals surface area contributed by atoms with Gasteiger partial charge in [-0.1, -0.05) is 35.9 Å². The highest BCUT2D eigenvalue weighted by Gasteiger charge is 2.14. The van der Waals surface area contributed by atoms with Crippen molar-refractivity contribution in [2.75, 3.05) is 17.3 Å². The van der Waals surface area contributed by atoms with Crippen molar-refractivity contribution in [3.63, 3.8) is 0 Å². The largest absolute Gasteiger partial charge is 0.322 e. The fourth-order valence-corrected chi connectivity index (χ4v) is 2.57. The smallest absolute Gasteiger partial charge is 0.258 e. The average molecular weight is 344 g/mol. The van der Waals surface area contributed by atoms with Crippen LogP contribution >= 0.6 is 0 Å². The van der Waals surface area contributed by atoms with Crippen LogP contribution in [0, 0.1) is 6.92 Å². The molecule has 0 unspecified atom stereocenters. The quantitative estimate of drug-likeness (QED) is 0.756. The van der Waals surface area contributed by atoms with Gasteiger partial charge in [-0.2, -0.15) is 0 Å². The van der Waals surface area contributed by atoms with Crippen LogP contribution in [0.2, 0.25) is 0 Å². The van der Waals surface area contributed by atoms with Crippen LogP contribution in [-0.2, 0) is 0 Å². The molecule has 0 fully saturated rings. The molecule has 2 amide bonds. The first-order chi connectivity index (χ1) is 12.5. The number of benzene rings is 3. The first-order valence-electron chi connectivity index (χ1n) is 8.36. The molecule has 0 bridgehead atoms. The number of amides is 2. The second kappa shape index (κ2) is 7.66. The van der Waals surface area contributed by atoms with Gasteiger partial charge in [0, 0.05) is 29.5 Å². The molecule has 4 nitrogen and oxygen atoms in total. The summed E-state index contributed by atoms with van der Waals surface area (Å²) in [6.45, 7) is 1.99. The number of nitrogens with zero attached hydrogens (tertiary/aromatic N) is 1. The Morgan fingerprint density at radius 3 is 1.96 bits per heavy atom. The normalized spacial score (nSPS) is 10.2. The molecule has 0 heterocycles. The van der Waals surface area contributed by atoms with E-state index in [9.17, 15) is 9.59 Å². The van der Waals surface area contributed by atoms with Gasteiger partial charge in [-0.05, 0) is 55.5 Å². The fraction of sp³-hybridized carbons (Fsp3) is 0.0909. The van der Waals surface area contributed by atoms with Gasteiger partial charge in [0.2, 0.25) is 0 Å². The summed E-state index contributed by atoms with van der Waals surface area (Å²) in [5.41, 5.74) is 3.73. The first kappa shape index (κ1) is 17.4. The number of carbonyl (C=O) groups is 2. The molecule has 0 spiro atoms. The Hall–Kier alpha value is -3.40. The molecule has 130 valence electrons. The molecule has 3 rings (SSSR count). The third kappa shape index (κ3) is 3.98. The minimum Gasteiger partial charge on any atom is -0.322 e. The lowest BCUT2D eigenvalue weighted by atomic mass is 10.1. The molecule has 0 saturated carbocycles. The molecular weight excluding hydrogens is 324 g/mol. The fourth-order valence-electron chi connectivity index (χ4n) is 2.57. The lowest BCUT2D eigenvalue weighted by Gasteiger charge is -2.17. The summed E-state index contributed by atoms with van der Waals surface area (Å²) in [7, 11) is 1.73. The molecule has 3 aromatic carbocycles. The highest BCUT2D eigenvalue weighted by atomic mass is 16.2. The summed E-state index contributed by atoms with van der Waals surface area (Å²) >= 11 is 0. The zero-order valence-corrected chi connectivity index (χ0v) is 14.8. The number of nitrogens with one attached hydrogen (secondary N) is 1. The molecule has 0 atom stereocenters. The number of carbonyl (C=O) groups excluding carboxylic acids is 2. The maximum Gasteiger partial charge on any atom is 0.258 e. The van der Waals surface area contributed by atoms with E-state index in [0.717, 1.165) is 16.9 Å². The second-order valence-electron chi connectivity index (χ2n) is 6.10. The van der Waals surface area contributed by atoms with Crippen LogP contribution < -0.4 is 10.2 Å². The molecule has 1 N–H and O–H groups in total. The number of rotatable bonds is 4. The number of anilines is 2. The number of hydrogen-bond acceptors (Lipinski definition) is 2. The summed E-state index contributed by atoms with van der Waals surface area (Å²) in [6.07, 6.45) is 0. The summed E-state index contributed by atoms with van der Waals surface area (Å²) < 4.78 is 0. The van der Waals surface area contributed by atoms with Gasteiger partial charge in [0.05, 0.1) is 0 Å². The van der Waals surface area contributed by atoms with Gasteiger partial charge < -0.3 is 10.2 Å². The van der Waals surface area contributed by atoms with E-state index in [1.54, 1.807) is 36.2 Å². The lowest BCUT2D eigenvalue weighted by molar-refractivity contribution is 0.0989. The molecule has 4 heteroatoms. The first-order valence-corrected chi connectivity index (χ1v) is 8.36. The van der Waals surface area contributed by atoms with E-state index in [4.69, 9.17) is 0 Å². The van der Waals surface area contributed by atoms with Gasteiger partial charge in [0.25, 0.3) is 11.8 Å². The van der Waals surface area contributed by atoms with E-state index in [-0.39, 0.29) is 11.8 Å². The predicted molar refractivity (Wildman–Crippen MR) is 105 cm³/mol. The predicted octanol–water partition coefficient (Wildman–Crippen LogP) is 4.52. The van der Waals surface area contributed by atoms with Crippen molar-refractivity contribution >= 4 is 23.2 Å². The molecule has 0 saturated heterocycles. The van der Waals surface area contributed by atoms with E-state index < -0.39 is 0 Å².